The molecule has 1 aromatic carbocycles. The first kappa shape index (κ1) is 10.2. The summed E-state index contributed by atoms with van der Waals surface area (Å²) >= 11 is 0. The van der Waals surface area contributed by atoms with Crippen molar-refractivity contribution in [2.75, 3.05) is 6.54 Å². The highest BCUT2D eigenvalue weighted by atomic mass is 19.1. The largest absolute Gasteiger partial charge is 0.350 e. The van der Waals surface area contributed by atoms with Crippen molar-refractivity contribution in [2.24, 2.45) is 0 Å². The van der Waals surface area contributed by atoms with Gasteiger partial charge in [-0.1, -0.05) is 12.0 Å². The lowest BCUT2D eigenvalue weighted by Crippen LogP contribution is -2.23. The van der Waals surface area contributed by atoms with Gasteiger partial charge in [0.1, 0.15) is 11.5 Å². The quantitative estimate of drug-likeness (QED) is 0.737. The van der Waals surface area contributed by atoms with Gasteiger partial charge < -0.3 is 10.3 Å². The number of carbonyl (C=O) groups excluding carboxylic acids is 1. The number of nitrogens with one attached hydrogen (secondary N) is 2. The smallest absolute Gasteiger partial charge is 0.268 e. The number of amides is 1. The van der Waals surface area contributed by atoms with Crippen molar-refractivity contribution in [1.29, 1.82) is 0 Å². The second-order valence-corrected chi connectivity index (χ2v) is 3.27. The molecule has 0 saturated heterocycles. The number of benzene rings is 1. The summed E-state index contributed by atoms with van der Waals surface area (Å²) in [5.41, 5.74) is 0.890. The lowest BCUT2D eigenvalue weighted by Gasteiger charge is -1.96. The Balaban J connectivity index is 2.37. The molecule has 0 bridgehead atoms. The third-order valence-corrected chi connectivity index (χ3v) is 2.21. The fourth-order valence-corrected chi connectivity index (χ4v) is 1.47. The number of terminal acetylenes is 1. The van der Waals surface area contributed by atoms with E-state index in [1.54, 1.807) is 12.1 Å². The molecule has 0 saturated carbocycles. The van der Waals surface area contributed by atoms with Crippen LogP contribution in [-0.2, 0) is 0 Å². The molecule has 4 heteroatoms. The molecule has 2 rings (SSSR count). The van der Waals surface area contributed by atoms with Crippen molar-refractivity contribution in [3.63, 3.8) is 0 Å². The summed E-state index contributed by atoms with van der Waals surface area (Å²) in [7, 11) is 0. The second-order valence-electron chi connectivity index (χ2n) is 3.27. The summed E-state index contributed by atoms with van der Waals surface area (Å²) in [6.07, 6.45) is 5.02. The van der Waals surface area contributed by atoms with Gasteiger partial charge in [0.25, 0.3) is 5.91 Å². The third-order valence-electron chi connectivity index (χ3n) is 2.21. The van der Waals surface area contributed by atoms with Crippen molar-refractivity contribution in [2.45, 2.75) is 0 Å². The highest BCUT2D eigenvalue weighted by Gasteiger charge is 2.10. The van der Waals surface area contributed by atoms with E-state index in [4.69, 9.17) is 6.42 Å². The number of halogens is 1. The lowest BCUT2D eigenvalue weighted by atomic mass is 10.2. The number of hydrogen-bond donors (Lipinski definition) is 2. The SMILES string of the molecule is C#CCNC(=O)c1cc2c(F)cccc2[nH]1. The molecule has 0 aliphatic rings. The van der Waals surface area contributed by atoms with Gasteiger partial charge in [0.2, 0.25) is 0 Å². The average molecular weight is 216 g/mol. The molecule has 0 aliphatic carbocycles. The van der Waals surface area contributed by atoms with Crippen LogP contribution in [0.5, 0.6) is 0 Å². The fourth-order valence-electron chi connectivity index (χ4n) is 1.47. The van der Waals surface area contributed by atoms with Gasteiger partial charge in [-0.3, -0.25) is 4.79 Å². The van der Waals surface area contributed by atoms with E-state index in [1.165, 1.54) is 12.1 Å². The molecular weight excluding hydrogens is 207 g/mol. The topological polar surface area (TPSA) is 44.9 Å². The number of H-pyrrole nitrogens is 1. The molecule has 16 heavy (non-hydrogen) atoms. The van der Waals surface area contributed by atoms with E-state index in [-0.39, 0.29) is 18.3 Å². The van der Waals surface area contributed by atoms with Crippen LogP contribution < -0.4 is 5.32 Å². The normalized spacial score (nSPS) is 10.0. The van der Waals surface area contributed by atoms with Crippen LogP contribution in [0.15, 0.2) is 24.3 Å². The zero-order valence-electron chi connectivity index (χ0n) is 8.38. The zero-order valence-corrected chi connectivity index (χ0v) is 8.38. The number of fused-ring (bicyclic) bond motifs is 1. The highest BCUT2D eigenvalue weighted by molar-refractivity contribution is 5.98. The van der Waals surface area contributed by atoms with Crippen LogP contribution in [0, 0.1) is 18.2 Å². The molecule has 1 heterocycles. The predicted octanol–water partition coefficient (Wildman–Crippen LogP) is 1.67. The van der Waals surface area contributed by atoms with Gasteiger partial charge in [-0.05, 0) is 18.2 Å². The molecule has 0 spiro atoms. The van der Waals surface area contributed by atoms with Crippen molar-refractivity contribution >= 4 is 16.8 Å². The van der Waals surface area contributed by atoms with Gasteiger partial charge in [-0.2, -0.15) is 0 Å². The molecule has 2 N–H and O–H groups in total. The van der Waals surface area contributed by atoms with Gasteiger partial charge >= 0.3 is 0 Å². The van der Waals surface area contributed by atoms with Crippen LogP contribution in [0.2, 0.25) is 0 Å². The maximum absolute atomic E-state index is 13.3. The molecule has 0 atom stereocenters. The maximum Gasteiger partial charge on any atom is 0.268 e. The molecule has 0 fully saturated rings. The molecule has 0 aliphatic heterocycles. The summed E-state index contributed by atoms with van der Waals surface area (Å²) in [5.74, 6) is 1.60. The van der Waals surface area contributed by atoms with E-state index in [9.17, 15) is 9.18 Å². The van der Waals surface area contributed by atoms with Crippen LogP contribution in [0.4, 0.5) is 4.39 Å². The first-order valence-corrected chi connectivity index (χ1v) is 4.71. The monoisotopic (exact) mass is 216 g/mol. The van der Waals surface area contributed by atoms with Crippen molar-refractivity contribution in [3.8, 4) is 12.3 Å². The molecule has 2 aromatic rings. The van der Waals surface area contributed by atoms with Crippen LogP contribution in [0.1, 0.15) is 10.5 Å². The van der Waals surface area contributed by atoms with E-state index in [2.05, 4.69) is 16.2 Å². The Bertz CT molecular complexity index is 580. The number of hydrogen-bond acceptors (Lipinski definition) is 1. The Morgan fingerprint density at radius 1 is 1.56 bits per heavy atom. The minimum atomic E-state index is -0.357. The summed E-state index contributed by atoms with van der Waals surface area (Å²) in [4.78, 5) is 14.3. The number of aromatic nitrogens is 1. The maximum atomic E-state index is 13.3. The number of aromatic amines is 1. The third kappa shape index (κ3) is 1.75. The van der Waals surface area contributed by atoms with Gasteiger partial charge in [0.15, 0.2) is 0 Å². The first-order chi connectivity index (χ1) is 7.72. The van der Waals surface area contributed by atoms with Gasteiger partial charge in [-0.25, -0.2) is 4.39 Å². The Hall–Kier alpha value is -2.28. The summed E-state index contributed by atoms with van der Waals surface area (Å²) in [5, 5.41) is 2.90. The van der Waals surface area contributed by atoms with Gasteiger partial charge in [-0.15, -0.1) is 6.42 Å². The average Bonchev–Trinajstić information content (AvgIpc) is 2.71. The minimum Gasteiger partial charge on any atom is -0.350 e. The van der Waals surface area contributed by atoms with Crippen LogP contribution in [-0.4, -0.2) is 17.4 Å². The zero-order chi connectivity index (χ0) is 11.5. The van der Waals surface area contributed by atoms with E-state index in [0.717, 1.165) is 0 Å². The van der Waals surface area contributed by atoms with Crippen molar-refractivity contribution in [1.82, 2.24) is 10.3 Å². The molecule has 3 nitrogen and oxygen atoms in total. The van der Waals surface area contributed by atoms with Crippen molar-refractivity contribution in [3.05, 3.63) is 35.8 Å². The van der Waals surface area contributed by atoms with Crippen molar-refractivity contribution < 1.29 is 9.18 Å². The minimum absolute atomic E-state index is 0.149. The Morgan fingerprint density at radius 2 is 2.38 bits per heavy atom. The van der Waals surface area contributed by atoms with E-state index < -0.39 is 0 Å². The summed E-state index contributed by atoms with van der Waals surface area (Å²) in [6, 6.07) is 6.10. The predicted molar refractivity (Wildman–Crippen MR) is 59.4 cm³/mol. The summed E-state index contributed by atoms with van der Waals surface area (Å²) in [6.45, 7) is 0.149. The van der Waals surface area contributed by atoms with Crippen LogP contribution in [0.25, 0.3) is 10.9 Å². The molecule has 1 amide bonds. The Morgan fingerprint density at radius 3 is 3.06 bits per heavy atom. The second kappa shape index (κ2) is 4.07. The molecule has 0 unspecified atom stereocenters. The van der Waals surface area contributed by atoms with Gasteiger partial charge in [0.05, 0.1) is 6.54 Å². The number of carbonyl (C=O) groups is 1. The van der Waals surface area contributed by atoms with E-state index in [0.29, 0.717) is 16.6 Å². The van der Waals surface area contributed by atoms with E-state index >= 15 is 0 Å². The van der Waals surface area contributed by atoms with Gasteiger partial charge in [0, 0.05) is 10.9 Å². The molecule has 80 valence electrons. The first-order valence-electron chi connectivity index (χ1n) is 4.71. The van der Waals surface area contributed by atoms with Crippen LogP contribution >= 0.6 is 0 Å². The Kier molecular flexibility index (Phi) is 2.61. The van der Waals surface area contributed by atoms with Crippen LogP contribution in [0.3, 0.4) is 0 Å². The standard InChI is InChI=1S/C12H9FN2O/c1-2-6-14-12(16)11-7-8-9(13)4-3-5-10(8)15-11/h1,3-5,7,15H,6H2,(H,14,16). The molecule has 1 aromatic heterocycles. The number of rotatable bonds is 2. The highest BCUT2D eigenvalue weighted by Crippen LogP contribution is 2.18. The van der Waals surface area contributed by atoms with E-state index in [1.807, 2.05) is 0 Å². The lowest BCUT2D eigenvalue weighted by molar-refractivity contribution is 0.0954. The summed E-state index contributed by atoms with van der Waals surface area (Å²) < 4.78 is 13.3. The fraction of sp³-hybridized carbons (Fsp3) is 0.0833. The molecular formula is C12H9FN2O. The Labute approximate surface area is 91.7 Å². The molecule has 0 radical (unpaired) electrons.